The maximum Gasteiger partial charge on any atom is 0.227 e. The van der Waals surface area contributed by atoms with Crippen molar-refractivity contribution < 1.29 is 14.1 Å². The number of amides is 1. The Labute approximate surface area is 159 Å². The fourth-order valence-electron chi connectivity index (χ4n) is 4.15. The number of nitrogens with zero attached hydrogens (tertiary/aromatic N) is 3. The number of hydrogen-bond acceptors (Lipinski definition) is 6. The predicted molar refractivity (Wildman–Crippen MR) is 100 cm³/mol. The van der Waals surface area contributed by atoms with Crippen LogP contribution in [0.15, 0.2) is 28.8 Å². The molecule has 0 radical (unpaired) electrons. The van der Waals surface area contributed by atoms with E-state index in [9.17, 15) is 4.79 Å². The average molecular weight is 370 g/mol. The van der Waals surface area contributed by atoms with E-state index in [1.165, 1.54) is 12.8 Å². The van der Waals surface area contributed by atoms with E-state index in [1.54, 1.807) is 7.11 Å². The van der Waals surface area contributed by atoms with E-state index < -0.39 is 0 Å². The summed E-state index contributed by atoms with van der Waals surface area (Å²) in [6, 6.07) is 8.98. The van der Waals surface area contributed by atoms with Gasteiger partial charge in [-0.2, -0.15) is 4.98 Å². The number of carbonyl (C=O) groups excluding carboxylic acids is 1. The van der Waals surface area contributed by atoms with Gasteiger partial charge in [0.1, 0.15) is 5.75 Å². The molecule has 1 aromatic heterocycles. The number of nitrogens with one attached hydrogen (secondary N) is 1. The molecule has 7 nitrogen and oxygen atoms in total. The quantitative estimate of drug-likeness (QED) is 0.841. The van der Waals surface area contributed by atoms with Gasteiger partial charge >= 0.3 is 0 Å². The topological polar surface area (TPSA) is 80.5 Å². The molecule has 1 amide bonds. The number of aryl methyl sites for hydroxylation is 1. The van der Waals surface area contributed by atoms with Crippen molar-refractivity contribution in [2.45, 2.75) is 56.7 Å². The fraction of sp³-hybridized carbons (Fsp3) is 0.550. The Morgan fingerprint density at radius 3 is 2.63 bits per heavy atom. The van der Waals surface area contributed by atoms with Gasteiger partial charge in [-0.25, -0.2) is 0 Å². The van der Waals surface area contributed by atoms with Crippen LogP contribution in [0.1, 0.15) is 38.0 Å². The molecule has 2 aliphatic heterocycles. The third-order valence-electron chi connectivity index (χ3n) is 5.76. The first kappa shape index (κ1) is 18.0. The van der Waals surface area contributed by atoms with Gasteiger partial charge in [-0.3, -0.25) is 4.79 Å². The van der Waals surface area contributed by atoms with Crippen LogP contribution in [-0.4, -0.2) is 53.2 Å². The molecule has 1 aromatic carbocycles. The summed E-state index contributed by atoms with van der Waals surface area (Å²) in [5.74, 6) is 1.95. The summed E-state index contributed by atoms with van der Waals surface area (Å²) in [5.41, 5.74) is 0.861. The normalized spacial score (nSPS) is 24.0. The Morgan fingerprint density at radius 1 is 1.26 bits per heavy atom. The van der Waals surface area contributed by atoms with Gasteiger partial charge in [-0.05, 0) is 49.9 Å². The third kappa shape index (κ3) is 3.98. The summed E-state index contributed by atoms with van der Waals surface area (Å²) in [4.78, 5) is 18.9. The van der Waals surface area contributed by atoms with Gasteiger partial charge in [0.05, 0.1) is 7.11 Å². The molecular formula is C20H26N4O3. The largest absolute Gasteiger partial charge is 0.497 e. The molecule has 2 atom stereocenters. The molecule has 7 heteroatoms. The standard InChI is InChI=1S/C20H26N4O3/c1-24(16-11-14-5-6-15(12-16)21-14)19(25)10-9-18-22-20(23-27-18)13-3-7-17(26-2)8-4-13/h3-4,7-8,14-16,21H,5-6,9-12H2,1-2H3. The summed E-state index contributed by atoms with van der Waals surface area (Å²) >= 11 is 0. The number of fused-ring (bicyclic) bond motifs is 2. The molecule has 0 spiro atoms. The van der Waals surface area contributed by atoms with Crippen LogP contribution >= 0.6 is 0 Å². The van der Waals surface area contributed by atoms with Crippen LogP contribution < -0.4 is 10.1 Å². The number of hydrogen-bond donors (Lipinski definition) is 1. The van der Waals surface area contributed by atoms with Crippen LogP contribution in [0.4, 0.5) is 0 Å². The van der Waals surface area contributed by atoms with Crippen molar-refractivity contribution in [3.05, 3.63) is 30.2 Å². The first-order chi connectivity index (χ1) is 13.1. The van der Waals surface area contributed by atoms with Crippen molar-refractivity contribution in [3.63, 3.8) is 0 Å². The second kappa shape index (κ2) is 7.68. The van der Waals surface area contributed by atoms with Gasteiger partial charge in [-0.1, -0.05) is 5.16 Å². The lowest BCUT2D eigenvalue weighted by Crippen LogP contribution is -2.48. The smallest absolute Gasteiger partial charge is 0.227 e. The maximum absolute atomic E-state index is 12.6. The Morgan fingerprint density at radius 2 is 1.96 bits per heavy atom. The molecule has 144 valence electrons. The molecule has 2 bridgehead atoms. The van der Waals surface area contributed by atoms with E-state index in [4.69, 9.17) is 9.26 Å². The molecule has 0 aliphatic carbocycles. The highest BCUT2D eigenvalue weighted by atomic mass is 16.5. The summed E-state index contributed by atoms with van der Waals surface area (Å²) in [6.45, 7) is 0. The molecule has 2 saturated heterocycles. The Bertz CT molecular complexity index is 777. The number of methoxy groups -OCH3 is 1. The van der Waals surface area contributed by atoms with Gasteiger partial charge in [-0.15, -0.1) is 0 Å². The van der Waals surface area contributed by atoms with Crippen LogP contribution in [0.3, 0.4) is 0 Å². The lowest BCUT2D eigenvalue weighted by molar-refractivity contribution is -0.132. The molecule has 0 saturated carbocycles. The first-order valence-electron chi connectivity index (χ1n) is 9.61. The second-order valence-electron chi connectivity index (χ2n) is 7.51. The summed E-state index contributed by atoms with van der Waals surface area (Å²) in [6.07, 6.45) is 5.44. The molecule has 2 aromatic rings. The Hall–Kier alpha value is -2.41. The molecule has 2 aliphatic rings. The number of ether oxygens (including phenoxy) is 1. The fourth-order valence-corrected chi connectivity index (χ4v) is 4.15. The molecule has 2 unspecified atom stereocenters. The monoisotopic (exact) mass is 370 g/mol. The summed E-state index contributed by atoms with van der Waals surface area (Å²) < 4.78 is 10.5. The lowest BCUT2D eigenvalue weighted by atomic mass is 9.98. The number of benzene rings is 1. The molecule has 2 fully saturated rings. The van der Waals surface area contributed by atoms with Crippen molar-refractivity contribution in [2.75, 3.05) is 14.2 Å². The van der Waals surface area contributed by atoms with Gasteiger partial charge in [0.2, 0.25) is 17.6 Å². The number of aromatic nitrogens is 2. The second-order valence-corrected chi connectivity index (χ2v) is 7.51. The van der Waals surface area contributed by atoms with Crippen molar-refractivity contribution in [1.82, 2.24) is 20.4 Å². The molecule has 4 rings (SSSR count). The highest BCUT2D eigenvalue weighted by molar-refractivity contribution is 5.76. The zero-order valence-electron chi connectivity index (χ0n) is 15.9. The Kier molecular flexibility index (Phi) is 5.11. The minimum Gasteiger partial charge on any atom is -0.497 e. The number of carbonyl (C=O) groups is 1. The van der Waals surface area contributed by atoms with E-state index in [2.05, 4.69) is 15.5 Å². The van der Waals surface area contributed by atoms with Crippen LogP contribution in [-0.2, 0) is 11.2 Å². The van der Waals surface area contributed by atoms with E-state index in [0.29, 0.717) is 42.7 Å². The zero-order valence-corrected chi connectivity index (χ0v) is 15.9. The predicted octanol–water partition coefficient (Wildman–Crippen LogP) is 2.42. The maximum atomic E-state index is 12.6. The van der Waals surface area contributed by atoms with Crippen molar-refractivity contribution in [1.29, 1.82) is 0 Å². The van der Waals surface area contributed by atoms with Gasteiger partial charge in [0, 0.05) is 43.6 Å². The highest BCUT2D eigenvalue weighted by Crippen LogP contribution is 2.29. The van der Waals surface area contributed by atoms with E-state index in [-0.39, 0.29) is 5.91 Å². The number of piperidine rings is 1. The number of rotatable bonds is 6. The highest BCUT2D eigenvalue weighted by Gasteiger charge is 2.36. The first-order valence-corrected chi connectivity index (χ1v) is 9.61. The minimum atomic E-state index is 0.144. The van der Waals surface area contributed by atoms with Crippen molar-refractivity contribution in [2.24, 2.45) is 0 Å². The van der Waals surface area contributed by atoms with Crippen molar-refractivity contribution in [3.8, 4) is 17.1 Å². The van der Waals surface area contributed by atoms with Gasteiger partial charge in [0.25, 0.3) is 0 Å². The zero-order chi connectivity index (χ0) is 18.8. The van der Waals surface area contributed by atoms with E-state index in [0.717, 1.165) is 24.2 Å². The van der Waals surface area contributed by atoms with E-state index >= 15 is 0 Å². The molecule has 3 heterocycles. The molecular weight excluding hydrogens is 344 g/mol. The van der Waals surface area contributed by atoms with Crippen molar-refractivity contribution >= 4 is 5.91 Å². The van der Waals surface area contributed by atoms with Crippen LogP contribution in [0.5, 0.6) is 5.75 Å². The van der Waals surface area contributed by atoms with Crippen LogP contribution in [0.25, 0.3) is 11.4 Å². The minimum absolute atomic E-state index is 0.144. The third-order valence-corrected chi connectivity index (χ3v) is 5.76. The van der Waals surface area contributed by atoms with Crippen LogP contribution in [0.2, 0.25) is 0 Å². The molecule has 27 heavy (non-hydrogen) atoms. The van der Waals surface area contributed by atoms with Gasteiger partial charge in [0.15, 0.2) is 0 Å². The SMILES string of the molecule is COc1ccc(-c2noc(CCC(=O)N(C)C3CC4CCC(C3)N4)n2)cc1. The van der Waals surface area contributed by atoms with E-state index in [1.807, 2.05) is 36.2 Å². The summed E-state index contributed by atoms with van der Waals surface area (Å²) in [5, 5.41) is 7.64. The van der Waals surface area contributed by atoms with Gasteiger partial charge < -0.3 is 19.5 Å². The molecule has 1 N–H and O–H groups in total. The van der Waals surface area contributed by atoms with Crippen LogP contribution in [0, 0.1) is 0 Å². The Balaban J connectivity index is 1.32. The lowest BCUT2D eigenvalue weighted by Gasteiger charge is -2.35. The average Bonchev–Trinajstić information content (AvgIpc) is 3.31. The summed E-state index contributed by atoms with van der Waals surface area (Å²) in [7, 11) is 3.55.